The zero-order chi connectivity index (χ0) is 15.2. The van der Waals surface area contributed by atoms with Crippen LogP contribution in [-0.2, 0) is 11.9 Å². The molecule has 2 rings (SSSR count). The van der Waals surface area contributed by atoms with Gasteiger partial charge >= 0.3 is 0 Å². The molecule has 0 aliphatic carbocycles. The van der Waals surface area contributed by atoms with Crippen LogP contribution in [0.4, 0.5) is 8.78 Å². The van der Waals surface area contributed by atoms with E-state index in [1.807, 2.05) is 25.1 Å². The summed E-state index contributed by atoms with van der Waals surface area (Å²) in [4.78, 5) is 0. The molecule has 0 radical (unpaired) electrons. The molecule has 0 aliphatic heterocycles. The van der Waals surface area contributed by atoms with E-state index in [1.54, 1.807) is 0 Å². The molecule has 0 N–H and O–H groups in total. The molecule has 0 aliphatic rings. The van der Waals surface area contributed by atoms with E-state index in [0.717, 1.165) is 23.0 Å². The first-order valence-electron chi connectivity index (χ1n) is 6.52. The monoisotopic (exact) mass is 356 g/mol. The minimum absolute atomic E-state index is 0.144. The van der Waals surface area contributed by atoms with Crippen LogP contribution >= 0.6 is 15.9 Å². The van der Waals surface area contributed by atoms with Crippen LogP contribution in [0, 0.1) is 11.6 Å². The Bertz CT molecular complexity index is 617. The van der Waals surface area contributed by atoms with Gasteiger partial charge in [0, 0.05) is 5.33 Å². The number of hydrogen-bond acceptors (Lipinski definition) is 2. The van der Waals surface area contributed by atoms with Crippen LogP contribution in [0.5, 0.6) is 11.5 Å². The lowest BCUT2D eigenvalue weighted by Crippen LogP contribution is -2.01. The van der Waals surface area contributed by atoms with Crippen LogP contribution in [0.25, 0.3) is 0 Å². The number of halogens is 3. The average molecular weight is 357 g/mol. The van der Waals surface area contributed by atoms with Gasteiger partial charge in [-0.15, -0.1) is 0 Å². The van der Waals surface area contributed by atoms with Crippen molar-refractivity contribution in [1.82, 2.24) is 0 Å². The molecule has 0 spiro atoms. The van der Waals surface area contributed by atoms with Gasteiger partial charge in [-0.1, -0.05) is 28.1 Å². The van der Waals surface area contributed by atoms with E-state index in [2.05, 4.69) is 15.9 Å². The summed E-state index contributed by atoms with van der Waals surface area (Å²) in [6.45, 7) is 2.55. The SMILES string of the molecule is CCOc1cc(CBr)ccc1OCc1ccc(F)c(F)c1. The summed E-state index contributed by atoms with van der Waals surface area (Å²) < 4.78 is 37.2. The fourth-order valence-corrected chi connectivity index (χ4v) is 2.16. The van der Waals surface area contributed by atoms with E-state index in [4.69, 9.17) is 9.47 Å². The predicted octanol–water partition coefficient (Wildman–Crippen LogP) is 4.84. The molecule has 5 heteroatoms. The minimum atomic E-state index is -0.879. The van der Waals surface area contributed by atoms with Crippen molar-refractivity contribution < 1.29 is 18.3 Å². The van der Waals surface area contributed by atoms with Gasteiger partial charge in [0.15, 0.2) is 23.1 Å². The summed E-state index contributed by atoms with van der Waals surface area (Å²) >= 11 is 3.38. The van der Waals surface area contributed by atoms with Crippen molar-refractivity contribution in [3.63, 3.8) is 0 Å². The Hall–Kier alpha value is -1.62. The zero-order valence-electron chi connectivity index (χ0n) is 11.5. The summed E-state index contributed by atoms with van der Waals surface area (Å²) in [6.07, 6.45) is 0. The fourth-order valence-electron chi connectivity index (χ4n) is 1.81. The molecule has 112 valence electrons. The third-order valence-electron chi connectivity index (χ3n) is 2.84. The Morgan fingerprint density at radius 3 is 2.33 bits per heavy atom. The van der Waals surface area contributed by atoms with Crippen LogP contribution in [0.2, 0.25) is 0 Å². The van der Waals surface area contributed by atoms with Crippen molar-refractivity contribution >= 4 is 15.9 Å². The molecule has 2 aromatic rings. The summed E-state index contributed by atoms with van der Waals surface area (Å²) in [5.41, 5.74) is 1.62. The summed E-state index contributed by atoms with van der Waals surface area (Å²) in [7, 11) is 0. The Kier molecular flexibility index (Phi) is 5.56. The van der Waals surface area contributed by atoms with Crippen LogP contribution in [-0.4, -0.2) is 6.61 Å². The third-order valence-corrected chi connectivity index (χ3v) is 3.49. The molecule has 21 heavy (non-hydrogen) atoms. The molecular weight excluding hydrogens is 342 g/mol. The highest BCUT2D eigenvalue weighted by Gasteiger charge is 2.08. The third kappa shape index (κ3) is 4.17. The maximum Gasteiger partial charge on any atom is 0.161 e. The summed E-state index contributed by atoms with van der Waals surface area (Å²) in [6, 6.07) is 9.32. The molecule has 0 bridgehead atoms. The number of benzene rings is 2. The van der Waals surface area contributed by atoms with Crippen molar-refractivity contribution in [3.05, 3.63) is 59.2 Å². The van der Waals surface area contributed by atoms with Crippen molar-refractivity contribution in [2.75, 3.05) is 6.61 Å². The largest absolute Gasteiger partial charge is 0.490 e. The van der Waals surface area contributed by atoms with Gasteiger partial charge in [0.05, 0.1) is 6.61 Å². The molecule has 0 fully saturated rings. The smallest absolute Gasteiger partial charge is 0.161 e. The average Bonchev–Trinajstić information content (AvgIpc) is 2.49. The second-order valence-corrected chi connectivity index (χ2v) is 4.95. The van der Waals surface area contributed by atoms with Gasteiger partial charge in [0.1, 0.15) is 6.61 Å². The van der Waals surface area contributed by atoms with Crippen molar-refractivity contribution in [2.45, 2.75) is 18.9 Å². The maximum atomic E-state index is 13.1. The molecule has 0 atom stereocenters. The van der Waals surface area contributed by atoms with Gasteiger partial charge in [-0.3, -0.25) is 0 Å². The van der Waals surface area contributed by atoms with Crippen LogP contribution < -0.4 is 9.47 Å². The number of alkyl halides is 1. The second kappa shape index (κ2) is 7.41. The molecule has 0 amide bonds. The Morgan fingerprint density at radius 2 is 1.67 bits per heavy atom. The highest BCUT2D eigenvalue weighted by Crippen LogP contribution is 2.30. The molecular formula is C16H15BrF2O2. The maximum absolute atomic E-state index is 13.1. The van der Waals surface area contributed by atoms with E-state index in [1.165, 1.54) is 6.07 Å². The quantitative estimate of drug-likeness (QED) is 0.689. The molecule has 2 aromatic carbocycles. The normalized spacial score (nSPS) is 10.5. The van der Waals surface area contributed by atoms with Crippen LogP contribution in [0.15, 0.2) is 36.4 Å². The van der Waals surface area contributed by atoms with E-state index in [9.17, 15) is 8.78 Å². The van der Waals surface area contributed by atoms with Crippen molar-refractivity contribution in [2.24, 2.45) is 0 Å². The van der Waals surface area contributed by atoms with Gasteiger partial charge in [0.2, 0.25) is 0 Å². The summed E-state index contributed by atoms with van der Waals surface area (Å²) in [5.74, 6) is -0.533. The minimum Gasteiger partial charge on any atom is -0.490 e. The first-order valence-corrected chi connectivity index (χ1v) is 7.64. The van der Waals surface area contributed by atoms with Gasteiger partial charge in [-0.25, -0.2) is 8.78 Å². The van der Waals surface area contributed by atoms with Gasteiger partial charge in [0.25, 0.3) is 0 Å². The van der Waals surface area contributed by atoms with E-state index < -0.39 is 11.6 Å². The molecule has 0 unspecified atom stereocenters. The predicted molar refractivity (Wildman–Crippen MR) is 80.9 cm³/mol. The van der Waals surface area contributed by atoms with Crippen molar-refractivity contribution in [1.29, 1.82) is 0 Å². The van der Waals surface area contributed by atoms with E-state index in [-0.39, 0.29) is 6.61 Å². The summed E-state index contributed by atoms with van der Waals surface area (Å²) in [5, 5.41) is 0.719. The lowest BCUT2D eigenvalue weighted by atomic mass is 10.2. The Balaban J connectivity index is 2.13. The van der Waals surface area contributed by atoms with Gasteiger partial charge < -0.3 is 9.47 Å². The lowest BCUT2D eigenvalue weighted by Gasteiger charge is -2.13. The lowest BCUT2D eigenvalue weighted by molar-refractivity contribution is 0.268. The standard InChI is InChI=1S/C16H15BrF2O2/c1-2-20-16-8-11(9-17)4-6-15(16)21-10-12-3-5-13(18)14(19)7-12/h3-8H,2,9-10H2,1H3. The van der Waals surface area contributed by atoms with E-state index >= 15 is 0 Å². The fraction of sp³-hybridized carbons (Fsp3) is 0.250. The second-order valence-electron chi connectivity index (χ2n) is 4.38. The van der Waals surface area contributed by atoms with E-state index in [0.29, 0.717) is 23.7 Å². The topological polar surface area (TPSA) is 18.5 Å². The number of rotatable bonds is 6. The van der Waals surface area contributed by atoms with Crippen LogP contribution in [0.3, 0.4) is 0 Å². The Labute approximate surface area is 130 Å². The number of hydrogen-bond donors (Lipinski definition) is 0. The van der Waals surface area contributed by atoms with Crippen LogP contribution in [0.1, 0.15) is 18.1 Å². The number of ether oxygens (including phenoxy) is 2. The Morgan fingerprint density at radius 1 is 0.905 bits per heavy atom. The highest BCUT2D eigenvalue weighted by atomic mass is 79.9. The molecule has 2 nitrogen and oxygen atoms in total. The van der Waals surface area contributed by atoms with Crippen molar-refractivity contribution in [3.8, 4) is 11.5 Å². The molecule has 0 saturated carbocycles. The highest BCUT2D eigenvalue weighted by molar-refractivity contribution is 9.08. The zero-order valence-corrected chi connectivity index (χ0v) is 13.1. The first-order chi connectivity index (χ1) is 10.1. The van der Waals surface area contributed by atoms with Gasteiger partial charge in [-0.2, -0.15) is 0 Å². The molecule has 0 heterocycles. The molecule has 0 aromatic heterocycles. The molecule has 0 saturated heterocycles. The van der Waals surface area contributed by atoms with Gasteiger partial charge in [-0.05, 0) is 42.3 Å². The first kappa shape index (κ1) is 15.8.